The fourth-order valence-electron chi connectivity index (χ4n) is 1.01. The molecule has 2 N–H and O–H groups in total. The molecule has 0 radical (unpaired) electrons. The molecule has 1 aromatic carbocycles. The molecule has 0 aliphatic heterocycles. The van der Waals surface area contributed by atoms with Gasteiger partial charge in [0.05, 0.1) is 10.7 Å². The number of hydrogen-bond donors (Lipinski definition) is 1. The SMILES string of the molecule is CN(C)CCOc1c(N)cccc1Cl. The van der Waals surface area contributed by atoms with Crippen molar-refractivity contribution in [1.29, 1.82) is 0 Å². The third kappa shape index (κ3) is 3.09. The summed E-state index contributed by atoms with van der Waals surface area (Å²) in [4.78, 5) is 2.03. The van der Waals surface area contributed by atoms with E-state index in [0.717, 1.165) is 6.54 Å². The predicted octanol–water partition coefficient (Wildman–Crippen LogP) is 1.86. The Morgan fingerprint density at radius 2 is 2.14 bits per heavy atom. The van der Waals surface area contributed by atoms with Crippen molar-refractivity contribution in [2.24, 2.45) is 0 Å². The Balaban J connectivity index is 2.58. The summed E-state index contributed by atoms with van der Waals surface area (Å²) in [5.41, 5.74) is 6.30. The summed E-state index contributed by atoms with van der Waals surface area (Å²) < 4.78 is 5.48. The summed E-state index contributed by atoms with van der Waals surface area (Å²) in [6.07, 6.45) is 0. The van der Waals surface area contributed by atoms with Crippen molar-refractivity contribution in [3.63, 3.8) is 0 Å². The lowest BCUT2D eigenvalue weighted by atomic mass is 10.3. The maximum atomic E-state index is 5.93. The van der Waals surface area contributed by atoms with Gasteiger partial charge in [-0.1, -0.05) is 17.7 Å². The van der Waals surface area contributed by atoms with Crippen molar-refractivity contribution in [1.82, 2.24) is 4.90 Å². The van der Waals surface area contributed by atoms with Gasteiger partial charge in [0.25, 0.3) is 0 Å². The van der Waals surface area contributed by atoms with Crippen LogP contribution in [0.2, 0.25) is 5.02 Å². The molecule has 4 heteroatoms. The smallest absolute Gasteiger partial charge is 0.160 e. The summed E-state index contributed by atoms with van der Waals surface area (Å²) in [7, 11) is 3.97. The average Bonchev–Trinajstić information content (AvgIpc) is 2.09. The molecule has 0 aliphatic carbocycles. The van der Waals surface area contributed by atoms with Crippen molar-refractivity contribution in [3.8, 4) is 5.75 Å². The Morgan fingerprint density at radius 3 is 2.71 bits per heavy atom. The largest absolute Gasteiger partial charge is 0.489 e. The molecule has 78 valence electrons. The second-order valence-corrected chi connectivity index (χ2v) is 3.72. The van der Waals surface area contributed by atoms with Gasteiger partial charge in [-0.3, -0.25) is 0 Å². The Bertz CT molecular complexity index is 282. The topological polar surface area (TPSA) is 38.5 Å². The number of rotatable bonds is 4. The first-order valence-electron chi connectivity index (χ1n) is 4.43. The van der Waals surface area contributed by atoms with Crippen molar-refractivity contribution >= 4 is 17.3 Å². The summed E-state index contributed by atoms with van der Waals surface area (Å²) >= 11 is 5.93. The Morgan fingerprint density at radius 1 is 1.43 bits per heavy atom. The minimum absolute atomic E-state index is 0.559. The zero-order chi connectivity index (χ0) is 10.6. The van der Waals surface area contributed by atoms with Crippen LogP contribution in [0.4, 0.5) is 5.69 Å². The number of benzene rings is 1. The molecule has 0 amide bonds. The van der Waals surface area contributed by atoms with Crippen LogP contribution >= 0.6 is 11.6 Å². The monoisotopic (exact) mass is 214 g/mol. The second-order valence-electron chi connectivity index (χ2n) is 3.31. The van der Waals surface area contributed by atoms with Crippen LogP contribution in [0.25, 0.3) is 0 Å². The zero-order valence-corrected chi connectivity index (χ0v) is 9.21. The molecule has 0 unspecified atom stereocenters. The van der Waals surface area contributed by atoms with E-state index in [2.05, 4.69) is 0 Å². The molecule has 1 rings (SSSR count). The Labute approximate surface area is 89.4 Å². The van der Waals surface area contributed by atoms with Gasteiger partial charge in [0, 0.05) is 6.54 Å². The summed E-state index contributed by atoms with van der Waals surface area (Å²) in [5.74, 6) is 0.580. The van der Waals surface area contributed by atoms with Crippen molar-refractivity contribution in [2.45, 2.75) is 0 Å². The lowest BCUT2D eigenvalue weighted by Crippen LogP contribution is -2.19. The average molecular weight is 215 g/mol. The third-order valence-electron chi connectivity index (χ3n) is 1.78. The van der Waals surface area contributed by atoms with Crippen molar-refractivity contribution < 1.29 is 4.74 Å². The normalized spacial score (nSPS) is 10.6. The van der Waals surface area contributed by atoms with E-state index in [-0.39, 0.29) is 0 Å². The Kier molecular flexibility index (Phi) is 4.04. The Hall–Kier alpha value is -0.930. The van der Waals surface area contributed by atoms with Crippen molar-refractivity contribution in [3.05, 3.63) is 23.2 Å². The van der Waals surface area contributed by atoms with Gasteiger partial charge in [-0.05, 0) is 26.2 Å². The van der Waals surface area contributed by atoms with Gasteiger partial charge >= 0.3 is 0 Å². The van der Waals surface area contributed by atoms with E-state index in [0.29, 0.717) is 23.1 Å². The first kappa shape index (κ1) is 11.1. The van der Waals surface area contributed by atoms with Gasteiger partial charge in [-0.2, -0.15) is 0 Å². The van der Waals surface area contributed by atoms with E-state index in [1.807, 2.05) is 19.0 Å². The zero-order valence-electron chi connectivity index (χ0n) is 8.46. The minimum Gasteiger partial charge on any atom is -0.489 e. The molecule has 0 heterocycles. The molecule has 0 aromatic heterocycles. The van der Waals surface area contributed by atoms with Crippen molar-refractivity contribution in [2.75, 3.05) is 33.0 Å². The summed E-state index contributed by atoms with van der Waals surface area (Å²) in [6, 6.07) is 5.34. The minimum atomic E-state index is 0.559. The van der Waals surface area contributed by atoms with Crippen LogP contribution in [0.5, 0.6) is 5.75 Å². The molecule has 1 aromatic rings. The standard InChI is InChI=1S/C10H15ClN2O/c1-13(2)6-7-14-10-8(11)4-3-5-9(10)12/h3-5H,6-7,12H2,1-2H3. The quantitative estimate of drug-likeness (QED) is 0.778. The molecular formula is C10H15ClN2O. The van der Waals surface area contributed by atoms with Crippen LogP contribution in [-0.4, -0.2) is 32.1 Å². The molecule has 0 saturated heterocycles. The molecule has 0 bridgehead atoms. The third-order valence-corrected chi connectivity index (χ3v) is 2.08. The number of para-hydroxylation sites is 1. The van der Waals surface area contributed by atoms with E-state index < -0.39 is 0 Å². The van der Waals surface area contributed by atoms with Crippen LogP contribution in [0, 0.1) is 0 Å². The number of ether oxygens (including phenoxy) is 1. The molecule has 0 aliphatic rings. The van der Waals surface area contributed by atoms with Crippen LogP contribution in [-0.2, 0) is 0 Å². The van der Waals surface area contributed by atoms with E-state index in [1.165, 1.54) is 0 Å². The fraction of sp³-hybridized carbons (Fsp3) is 0.400. The number of nitrogen functional groups attached to an aromatic ring is 1. The first-order valence-corrected chi connectivity index (χ1v) is 4.80. The van der Waals surface area contributed by atoms with Gasteiger partial charge in [-0.15, -0.1) is 0 Å². The predicted molar refractivity (Wildman–Crippen MR) is 59.9 cm³/mol. The highest BCUT2D eigenvalue weighted by atomic mass is 35.5. The van der Waals surface area contributed by atoms with Gasteiger partial charge in [0.15, 0.2) is 5.75 Å². The molecule has 0 spiro atoms. The van der Waals surface area contributed by atoms with Gasteiger partial charge in [0.2, 0.25) is 0 Å². The molecule has 14 heavy (non-hydrogen) atoms. The van der Waals surface area contributed by atoms with E-state index >= 15 is 0 Å². The van der Waals surface area contributed by atoms with Crippen LogP contribution in [0.15, 0.2) is 18.2 Å². The van der Waals surface area contributed by atoms with E-state index in [4.69, 9.17) is 22.1 Å². The van der Waals surface area contributed by atoms with Crippen LogP contribution < -0.4 is 10.5 Å². The van der Waals surface area contributed by atoms with Crippen LogP contribution in [0.1, 0.15) is 0 Å². The number of likely N-dealkylation sites (N-methyl/N-ethyl adjacent to an activating group) is 1. The molecular weight excluding hydrogens is 200 g/mol. The van der Waals surface area contributed by atoms with Gasteiger partial charge < -0.3 is 15.4 Å². The van der Waals surface area contributed by atoms with E-state index in [1.54, 1.807) is 18.2 Å². The molecule has 0 atom stereocenters. The molecule has 3 nitrogen and oxygen atoms in total. The lowest BCUT2D eigenvalue weighted by molar-refractivity contribution is 0.262. The summed E-state index contributed by atoms with van der Waals surface area (Å²) in [5, 5.41) is 0.559. The second kappa shape index (κ2) is 5.08. The number of nitrogens with zero attached hydrogens (tertiary/aromatic N) is 1. The summed E-state index contributed by atoms with van der Waals surface area (Å²) in [6.45, 7) is 1.42. The number of halogens is 1. The highest BCUT2D eigenvalue weighted by molar-refractivity contribution is 6.32. The van der Waals surface area contributed by atoms with E-state index in [9.17, 15) is 0 Å². The first-order chi connectivity index (χ1) is 6.61. The van der Waals surface area contributed by atoms with Gasteiger partial charge in [-0.25, -0.2) is 0 Å². The highest BCUT2D eigenvalue weighted by Crippen LogP contribution is 2.30. The lowest BCUT2D eigenvalue weighted by Gasteiger charge is -2.13. The maximum Gasteiger partial charge on any atom is 0.160 e. The number of hydrogen-bond acceptors (Lipinski definition) is 3. The number of anilines is 1. The number of nitrogens with two attached hydrogens (primary N) is 1. The highest BCUT2D eigenvalue weighted by Gasteiger charge is 2.04. The maximum absolute atomic E-state index is 5.93. The van der Waals surface area contributed by atoms with Gasteiger partial charge in [0.1, 0.15) is 6.61 Å². The fourth-order valence-corrected chi connectivity index (χ4v) is 1.24. The molecule has 0 saturated carbocycles. The molecule has 0 fully saturated rings. The van der Waals surface area contributed by atoms with Crippen LogP contribution in [0.3, 0.4) is 0 Å².